The minimum atomic E-state index is -0.794. The van der Waals surface area contributed by atoms with Gasteiger partial charge < -0.3 is 5.73 Å². The predicted octanol–water partition coefficient (Wildman–Crippen LogP) is 1.68. The van der Waals surface area contributed by atoms with Crippen LogP contribution in [-0.4, -0.2) is 4.92 Å². The van der Waals surface area contributed by atoms with Crippen LogP contribution >= 0.6 is 0 Å². The van der Waals surface area contributed by atoms with Crippen molar-refractivity contribution >= 4 is 5.69 Å². The van der Waals surface area contributed by atoms with E-state index >= 15 is 0 Å². The van der Waals surface area contributed by atoms with E-state index in [9.17, 15) is 14.5 Å². The number of nitro groups is 1. The van der Waals surface area contributed by atoms with Crippen LogP contribution in [0, 0.1) is 15.9 Å². The number of halogens is 1. The number of hydrogen-bond donors (Lipinski definition) is 1. The van der Waals surface area contributed by atoms with E-state index in [2.05, 4.69) is 0 Å². The molecule has 2 N–H and O–H groups in total. The van der Waals surface area contributed by atoms with Crippen molar-refractivity contribution in [1.29, 1.82) is 0 Å². The van der Waals surface area contributed by atoms with Crippen LogP contribution in [-0.2, 0) is 5.54 Å². The van der Waals surface area contributed by atoms with Gasteiger partial charge in [-0.2, -0.15) is 4.39 Å². The van der Waals surface area contributed by atoms with Gasteiger partial charge in [-0.3, -0.25) is 10.1 Å². The van der Waals surface area contributed by atoms with Gasteiger partial charge in [-0.05, 0) is 12.8 Å². The molecular formula is C9H9FN2O2. The molecule has 14 heavy (non-hydrogen) atoms. The predicted molar refractivity (Wildman–Crippen MR) is 48.2 cm³/mol. The molecule has 0 radical (unpaired) electrons. The van der Waals surface area contributed by atoms with E-state index < -0.39 is 22.0 Å². The molecule has 1 saturated carbocycles. The van der Waals surface area contributed by atoms with Crippen LogP contribution in [0.3, 0.4) is 0 Å². The number of rotatable bonds is 2. The molecule has 0 bridgehead atoms. The van der Waals surface area contributed by atoms with Gasteiger partial charge in [-0.25, -0.2) is 0 Å². The van der Waals surface area contributed by atoms with E-state index in [1.54, 1.807) is 0 Å². The van der Waals surface area contributed by atoms with Crippen LogP contribution in [0.5, 0.6) is 0 Å². The topological polar surface area (TPSA) is 69.2 Å². The Hall–Kier alpha value is -1.49. The molecule has 4 nitrogen and oxygen atoms in total. The molecule has 5 heteroatoms. The summed E-state index contributed by atoms with van der Waals surface area (Å²) in [5.74, 6) is -0.794. The molecule has 0 amide bonds. The Morgan fingerprint density at radius 1 is 1.50 bits per heavy atom. The van der Waals surface area contributed by atoms with Crippen molar-refractivity contribution in [3.63, 3.8) is 0 Å². The van der Waals surface area contributed by atoms with E-state index in [4.69, 9.17) is 5.73 Å². The lowest BCUT2D eigenvalue weighted by atomic mass is 10.0. The van der Waals surface area contributed by atoms with Gasteiger partial charge in [0.25, 0.3) is 0 Å². The zero-order chi connectivity index (χ0) is 10.3. The standard InChI is InChI=1S/C9H9FN2O2/c10-8-6(9(11)4-5-9)2-1-3-7(8)12(13)14/h1-3H,4-5,11H2. The monoisotopic (exact) mass is 196 g/mol. The Kier molecular flexibility index (Phi) is 1.78. The van der Waals surface area contributed by atoms with Gasteiger partial charge in [0, 0.05) is 17.2 Å². The van der Waals surface area contributed by atoms with E-state index in [0.29, 0.717) is 12.8 Å². The Bertz CT molecular complexity index is 402. The second-order valence-corrected chi connectivity index (χ2v) is 3.55. The average Bonchev–Trinajstić information content (AvgIpc) is 2.84. The molecule has 1 fully saturated rings. The summed E-state index contributed by atoms with van der Waals surface area (Å²) in [6, 6.07) is 4.11. The maximum atomic E-state index is 13.5. The Balaban J connectivity index is 2.52. The third-order valence-corrected chi connectivity index (χ3v) is 2.50. The lowest BCUT2D eigenvalue weighted by Gasteiger charge is -2.09. The summed E-state index contributed by atoms with van der Waals surface area (Å²) in [4.78, 5) is 9.71. The molecule has 0 saturated heterocycles. The Labute approximate surface area is 79.7 Å². The summed E-state index contributed by atoms with van der Waals surface area (Å²) in [6.07, 6.45) is 1.37. The molecule has 0 heterocycles. The normalized spacial score (nSPS) is 17.9. The van der Waals surface area contributed by atoms with E-state index in [1.807, 2.05) is 0 Å². The molecule has 0 aliphatic heterocycles. The molecular weight excluding hydrogens is 187 g/mol. The highest BCUT2D eigenvalue weighted by molar-refractivity contribution is 5.42. The van der Waals surface area contributed by atoms with Crippen molar-refractivity contribution in [2.24, 2.45) is 5.73 Å². The lowest BCUT2D eigenvalue weighted by molar-refractivity contribution is -0.387. The Morgan fingerprint density at radius 2 is 2.14 bits per heavy atom. The minimum Gasteiger partial charge on any atom is -0.321 e. The second-order valence-electron chi connectivity index (χ2n) is 3.55. The van der Waals surface area contributed by atoms with Gasteiger partial charge >= 0.3 is 5.69 Å². The summed E-state index contributed by atoms with van der Waals surface area (Å²) < 4.78 is 13.5. The first kappa shape index (κ1) is 9.08. The fourth-order valence-electron chi connectivity index (χ4n) is 1.45. The van der Waals surface area contributed by atoms with Crippen LogP contribution in [0.4, 0.5) is 10.1 Å². The van der Waals surface area contributed by atoms with Gasteiger partial charge in [-0.15, -0.1) is 0 Å². The van der Waals surface area contributed by atoms with Gasteiger partial charge in [0.15, 0.2) is 0 Å². The average molecular weight is 196 g/mol. The van der Waals surface area contributed by atoms with Crippen molar-refractivity contribution < 1.29 is 9.31 Å². The minimum absolute atomic E-state index is 0.256. The van der Waals surface area contributed by atoms with E-state index in [1.165, 1.54) is 12.1 Å². The maximum Gasteiger partial charge on any atom is 0.305 e. The highest BCUT2D eigenvalue weighted by Gasteiger charge is 2.43. The molecule has 74 valence electrons. The Morgan fingerprint density at radius 3 is 2.64 bits per heavy atom. The number of nitrogens with zero attached hydrogens (tertiary/aromatic N) is 1. The van der Waals surface area contributed by atoms with Crippen molar-refractivity contribution in [2.75, 3.05) is 0 Å². The van der Waals surface area contributed by atoms with Crippen LogP contribution in [0.1, 0.15) is 18.4 Å². The molecule has 0 spiro atoms. The van der Waals surface area contributed by atoms with Crippen LogP contribution in [0.15, 0.2) is 18.2 Å². The molecule has 1 aliphatic carbocycles. The molecule has 2 rings (SSSR count). The number of nitro benzene ring substituents is 1. The van der Waals surface area contributed by atoms with Gasteiger partial charge in [0.1, 0.15) is 0 Å². The van der Waals surface area contributed by atoms with Crippen molar-refractivity contribution in [1.82, 2.24) is 0 Å². The largest absolute Gasteiger partial charge is 0.321 e. The van der Waals surface area contributed by atoms with Crippen molar-refractivity contribution in [3.05, 3.63) is 39.7 Å². The van der Waals surface area contributed by atoms with Gasteiger partial charge in [-0.1, -0.05) is 12.1 Å². The number of benzene rings is 1. The first-order valence-corrected chi connectivity index (χ1v) is 4.27. The van der Waals surface area contributed by atoms with Gasteiger partial charge in [0.05, 0.1) is 4.92 Å². The second kappa shape index (κ2) is 2.75. The van der Waals surface area contributed by atoms with Crippen molar-refractivity contribution in [3.8, 4) is 0 Å². The first-order valence-electron chi connectivity index (χ1n) is 4.27. The summed E-state index contributed by atoms with van der Waals surface area (Å²) >= 11 is 0. The van der Waals surface area contributed by atoms with Gasteiger partial charge in [0.2, 0.25) is 5.82 Å². The smallest absolute Gasteiger partial charge is 0.305 e. The molecule has 0 aromatic heterocycles. The number of nitrogens with two attached hydrogens (primary N) is 1. The summed E-state index contributed by atoms with van der Waals surface area (Å²) in [6.45, 7) is 0. The maximum absolute atomic E-state index is 13.5. The zero-order valence-electron chi connectivity index (χ0n) is 7.37. The van der Waals surface area contributed by atoms with E-state index in [0.717, 1.165) is 6.07 Å². The fourth-order valence-corrected chi connectivity index (χ4v) is 1.45. The molecule has 0 unspecified atom stereocenters. The summed E-state index contributed by atoms with van der Waals surface area (Å²) in [7, 11) is 0. The van der Waals surface area contributed by atoms with Crippen LogP contribution in [0.2, 0.25) is 0 Å². The van der Waals surface area contributed by atoms with E-state index in [-0.39, 0.29) is 5.56 Å². The molecule has 1 aliphatic rings. The van der Waals surface area contributed by atoms with Crippen molar-refractivity contribution in [2.45, 2.75) is 18.4 Å². The third kappa shape index (κ3) is 1.26. The first-order chi connectivity index (χ1) is 6.54. The van der Waals surface area contributed by atoms with Crippen LogP contribution in [0.25, 0.3) is 0 Å². The lowest BCUT2D eigenvalue weighted by Crippen LogP contribution is -2.20. The zero-order valence-corrected chi connectivity index (χ0v) is 7.37. The molecule has 0 atom stereocenters. The van der Waals surface area contributed by atoms with Crippen LogP contribution < -0.4 is 5.73 Å². The third-order valence-electron chi connectivity index (χ3n) is 2.50. The molecule has 1 aromatic rings. The molecule has 1 aromatic carbocycles. The highest BCUT2D eigenvalue weighted by Crippen LogP contribution is 2.44. The summed E-state index contributed by atoms with van der Waals surface area (Å²) in [5, 5.41) is 10.4. The highest BCUT2D eigenvalue weighted by atomic mass is 19.1. The summed E-state index contributed by atoms with van der Waals surface area (Å²) in [5.41, 5.74) is 4.86. The SMILES string of the molecule is NC1(c2cccc([N+](=O)[O-])c2F)CC1. The quantitative estimate of drug-likeness (QED) is 0.577. The number of hydrogen-bond acceptors (Lipinski definition) is 3. The fraction of sp³-hybridized carbons (Fsp3) is 0.333.